The van der Waals surface area contributed by atoms with Crippen LogP contribution in [-0.2, 0) is 9.47 Å². The third-order valence-corrected chi connectivity index (χ3v) is 2.21. The molecule has 0 aliphatic carbocycles. The maximum Gasteiger partial charge on any atom is 0.191 e. The van der Waals surface area contributed by atoms with E-state index in [0.29, 0.717) is 0 Å². The molecule has 0 radical (unpaired) electrons. The van der Waals surface area contributed by atoms with E-state index in [1.54, 1.807) is 12.4 Å². The number of aromatic amines is 1. The van der Waals surface area contributed by atoms with Crippen LogP contribution in [0.15, 0.2) is 18.5 Å². The molecule has 0 bridgehead atoms. The highest BCUT2D eigenvalue weighted by atomic mass is 16.9. The molecule has 0 unspecified atom stereocenters. The first-order valence-electron chi connectivity index (χ1n) is 4.43. The van der Waals surface area contributed by atoms with Crippen LogP contribution < -0.4 is 0 Å². The summed E-state index contributed by atoms with van der Waals surface area (Å²) < 4.78 is 10.7. The number of ether oxygens (including phenoxy) is 2. The molecule has 0 atom stereocenters. The summed E-state index contributed by atoms with van der Waals surface area (Å²) in [5, 5.41) is 6.74. The molecule has 14 heavy (non-hydrogen) atoms. The lowest BCUT2D eigenvalue weighted by Gasteiger charge is -2.33. The molecule has 1 N–H and O–H groups in total. The number of nitrogens with zero attached hydrogens (tertiary/aromatic N) is 2. The van der Waals surface area contributed by atoms with Crippen LogP contribution in [0.4, 0.5) is 0 Å². The van der Waals surface area contributed by atoms with Gasteiger partial charge in [0.05, 0.1) is 11.7 Å². The number of rotatable bonds is 1. The number of hydrogen-bond donors (Lipinski definition) is 1. The number of aromatic nitrogens is 3. The fourth-order valence-corrected chi connectivity index (χ4v) is 1.49. The zero-order chi connectivity index (χ0) is 9.54. The summed E-state index contributed by atoms with van der Waals surface area (Å²) in [7, 11) is 0. The minimum atomic E-state index is -0.273. The van der Waals surface area contributed by atoms with E-state index in [1.807, 2.05) is 13.0 Å². The lowest BCUT2D eigenvalue weighted by atomic mass is 10.2. The molecule has 0 spiro atoms. The maximum atomic E-state index is 5.35. The van der Waals surface area contributed by atoms with Gasteiger partial charge in [0.25, 0.3) is 0 Å². The Morgan fingerprint density at radius 2 is 2.21 bits per heavy atom. The van der Waals surface area contributed by atoms with E-state index < -0.39 is 0 Å². The van der Waals surface area contributed by atoms with Crippen molar-refractivity contribution in [3.05, 3.63) is 24.0 Å². The lowest BCUT2D eigenvalue weighted by molar-refractivity contribution is -0.382. The van der Waals surface area contributed by atoms with Crippen LogP contribution in [0.2, 0.25) is 0 Å². The van der Waals surface area contributed by atoms with Gasteiger partial charge in [-0.2, -0.15) is 5.10 Å². The Bertz CT molecular complexity index is 462. The Hall–Kier alpha value is -1.46. The molecule has 0 aromatic carbocycles. The minimum Gasteiger partial charge on any atom is -0.319 e. The second-order valence-corrected chi connectivity index (χ2v) is 3.24. The number of H-pyrrole nitrogens is 1. The van der Waals surface area contributed by atoms with Crippen molar-refractivity contribution in [2.45, 2.75) is 19.5 Å². The molecule has 5 nitrogen and oxygen atoms in total. The van der Waals surface area contributed by atoms with Crippen molar-refractivity contribution in [1.29, 1.82) is 0 Å². The summed E-state index contributed by atoms with van der Waals surface area (Å²) in [6.45, 7) is 1.86. The average molecular weight is 191 g/mol. The molecule has 2 aromatic rings. The second kappa shape index (κ2) is 2.76. The van der Waals surface area contributed by atoms with Crippen molar-refractivity contribution in [3.63, 3.8) is 0 Å². The van der Waals surface area contributed by atoms with Crippen molar-refractivity contribution in [3.8, 4) is 0 Å². The van der Waals surface area contributed by atoms with Gasteiger partial charge >= 0.3 is 0 Å². The van der Waals surface area contributed by atoms with E-state index >= 15 is 0 Å². The van der Waals surface area contributed by atoms with E-state index in [4.69, 9.17) is 9.47 Å². The molecule has 1 fully saturated rings. The Kier molecular flexibility index (Phi) is 1.56. The predicted octanol–water partition coefficient (Wildman–Crippen LogP) is 1.35. The summed E-state index contributed by atoms with van der Waals surface area (Å²) in [5.41, 5.74) is 2.66. The second-order valence-electron chi connectivity index (χ2n) is 3.24. The highest BCUT2D eigenvalue weighted by Gasteiger charge is 2.28. The molecular weight excluding hydrogens is 182 g/mol. The monoisotopic (exact) mass is 191 g/mol. The molecule has 72 valence electrons. The van der Waals surface area contributed by atoms with Crippen molar-refractivity contribution >= 4 is 11.0 Å². The van der Waals surface area contributed by atoms with Crippen LogP contribution in [0.5, 0.6) is 0 Å². The van der Waals surface area contributed by atoms with Crippen LogP contribution >= 0.6 is 0 Å². The molecule has 0 amide bonds. The van der Waals surface area contributed by atoms with E-state index in [2.05, 4.69) is 15.2 Å². The average Bonchev–Trinajstić information content (AvgIpc) is 2.59. The highest BCUT2D eigenvalue weighted by Crippen LogP contribution is 2.31. The van der Waals surface area contributed by atoms with Crippen molar-refractivity contribution in [2.75, 3.05) is 0 Å². The Labute approximate surface area is 80.0 Å². The minimum absolute atomic E-state index is 0.113. The molecule has 3 rings (SSSR count). The first-order valence-corrected chi connectivity index (χ1v) is 4.43. The van der Waals surface area contributed by atoms with Gasteiger partial charge in [0.15, 0.2) is 12.6 Å². The topological polar surface area (TPSA) is 60.0 Å². The molecule has 5 heteroatoms. The normalized spacial score (nSPS) is 26.4. The number of fused-ring (bicyclic) bond motifs is 1. The van der Waals surface area contributed by atoms with Crippen molar-refractivity contribution in [1.82, 2.24) is 15.2 Å². The SMILES string of the molecule is CC1OC(c2cnc3cn[nH]c3c2)O1. The summed E-state index contributed by atoms with van der Waals surface area (Å²) in [5.74, 6) is 0. The Morgan fingerprint density at radius 1 is 1.36 bits per heavy atom. The van der Waals surface area contributed by atoms with Gasteiger partial charge in [0.1, 0.15) is 5.52 Å². The molecule has 0 saturated carbocycles. The van der Waals surface area contributed by atoms with Gasteiger partial charge in [0, 0.05) is 11.8 Å². The molecule has 2 aromatic heterocycles. The van der Waals surface area contributed by atoms with Gasteiger partial charge in [0.2, 0.25) is 0 Å². The smallest absolute Gasteiger partial charge is 0.191 e. The molecule has 1 aliphatic heterocycles. The third-order valence-electron chi connectivity index (χ3n) is 2.21. The van der Waals surface area contributed by atoms with Gasteiger partial charge in [-0.05, 0) is 13.0 Å². The largest absolute Gasteiger partial charge is 0.319 e. The zero-order valence-electron chi connectivity index (χ0n) is 7.60. The van der Waals surface area contributed by atoms with Gasteiger partial charge in [-0.3, -0.25) is 10.1 Å². The number of nitrogens with one attached hydrogen (secondary N) is 1. The molecule has 3 heterocycles. The first kappa shape index (κ1) is 7.90. The summed E-state index contributed by atoms with van der Waals surface area (Å²) >= 11 is 0. The van der Waals surface area contributed by atoms with Crippen LogP contribution in [0, 0.1) is 0 Å². The number of hydrogen-bond acceptors (Lipinski definition) is 4. The third kappa shape index (κ3) is 1.10. The fraction of sp³-hybridized carbons (Fsp3) is 0.333. The standard InChI is InChI=1S/C9H9N3O2/c1-5-13-9(14-5)6-2-7-8(10-3-6)4-11-12-7/h2-5,9H,1H3,(H,11,12). The highest BCUT2D eigenvalue weighted by molar-refractivity contribution is 5.73. The van der Waals surface area contributed by atoms with Crippen LogP contribution in [-0.4, -0.2) is 21.5 Å². The molecule has 1 aliphatic rings. The zero-order valence-corrected chi connectivity index (χ0v) is 7.60. The lowest BCUT2D eigenvalue weighted by Crippen LogP contribution is -2.31. The van der Waals surface area contributed by atoms with E-state index in [-0.39, 0.29) is 12.6 Å². The van der Waals surface area contributed by atoms with Crippen LogP contribution in [0.3, 0.4) is 0 Å². The van der Waals surface area contributed by atoms with Gasteiger partial charge in [-0.15, -0.1) is 0 Å². The van der Waals surface area contributed by atoms with E-state index in [1.165, 1.54) is 0 Å². The quantitative estimate of drug-likeness (QED) is 0.739. The summed E-state index contributed by atoms with van der Waals surface area (Å²) in [6, 6.07) is 1.94. The predicted molar refractivity (Wildman–Crippen MR) is 48.3 cm³/mol. The van der Waals surface area contributed by atoms with E-state index in [9.17, 15) is 0 Å². The van der Waals surface area contributed by atoms with Crippen LogP contribution in [0.25, 0.3) is 11.0 Å². The summed E-state index contributed by atoms with van der Waals surface area (Å²) in [4.78, 5) is 4.22. The Balaban J connectivity index is 1.97. The number of pyridine rings is 1. The van der Waals surface area contributed by atoms with E-state index in [0.717, 1.165) is 16.6 Å². The van der Waals surface area contributed by atoms with Gasteiger partial charge in [-0.25, -0.2) is 0 Å². The molecular formula is C9H9N3O2. The Morgan fingerprint density at radius 3 is 3.00 bits per heavy atom. The van der Waals surface area contributed by atoms with Crippen molar-refractivity contribution in [2.24, 2.45) is 0 Å². The van der Waals surface area contributed by atoms with Gasteiger partial charge in [-0.1, -0.05) is 0 Å². The van der Waals surface area contributed by atoms with Crippen molar-refractivity contribution < 1.29 is 9.47 Å². The van der Waals surface area contributed by atoms with Gasteiger partial charge < -0.3 is 9.47 Å². The van der Waals surface area contributed by atoms with Crippen LogP contribution in [0.1, 0.15) is 18.8 Å². The first-order chi connectivity index (χ1) is 6.83. The molecule has 1 saturated heterocycles. The summed E-state index contributed by atoms with van der Waals surface area (Å²) in [6.07, 6.45) is 3.04. The fourth-order valence-electron chi connectivity index (χ4n) is 1.49. The maximum absolute atomic E-state index is 5.35.